The predicted molar refractivity (Wildman–Crippen MR) is 57.3 cm³/mol. The number of methoxy groups -OCH3 is 1. The lowest BCUT2D eigenvalue weighted by molar-refractivity contribution is 0.415. The number of ether oxygens (including phenoxy) is 1. The summed E-state index contributed by atoms with van der Waals surface area (Å²) in [6.07, 6.45) is 1.22. The summed E-state index contributed by atoms with van der Waals surface area (Å²) >= 11 is 0. The molecule has 1 aromatic rings. The van der Waals surface area contributed by atoms with E-state index in [1.54, 1.807) is 7.11 Å². The van der Waals surface area contributed by atoms with Crippen molar-refractivity contribution in [3.05, 3.63) is 17.7 Å². The number of hydrogen-bond acceptors (Lipinski definition) is 3. The number of benzene rings is 1. The number of rotatable bonds is 1. The van der Waals surface area contributed by atoms with Gasteiger partial charge in [0.2, 0.25) is 0 Å². The van der Waals surface area contributed by atoms with Crippen LogP contribution < -0.4 is 15.4 Å². The Bertz CT molecular complexity index is 376. The molecule has 1 atom stereocenters. The maximum absolute atomic E-state index is 5.35. The molecule has 2 heterocycles. The van der Waals surface area contributed by atoms with Crippen molar-refractivity contribution in [3.63, 3.8) is 0 Å². The normalized spacial score (nSPS) is 22.2. The van der Waals surface area contributed by atoms with Gasteiger partial charge in [0.15, 0.2) is 0 Å². The molecule has 3 rings (SSSR count). The Labute approximate surface area is 83.5 Å². The van der Waals surface area contributed by atoms with Gasteiger partial charge in [0.1, 0.15) is 5.75 Å². The number of anilines is 2. The first kappa shape index (κ1) is 7.97. The summed E-state index contributed by atoms with van der Waals surface area (Å²) in [7, 11) is 1.73. The van der Waals surface area contributed by atoms with Crippen molar-refractivity contribution in [2.75, 3.05) is 30.8 Å². The maximum atomic E-state index is 5.35. The molecule has 1 aromatic carbocycles. The van der Waals surface area contributed by atoms with Crippen LogP contribution in [0.5, 0.6) is 5.75 Å². The van der Waals surface area contributed by atoms with Crippen LogP contribution in [-0.4, -0.2) is 20.2 Å². The quantitative estimate of drug-likeness (QED) is 0.710. The standard InChI is InChI=1S/C11H14N2O/c1-14-9-3-2-8-10-7(6-13-8)4-5-12-11(9)10/h2-3,7,12-13H,4-6H2,1H3. The van der Waals surface area contributed by atoms with Crippen LogP contribution in [0.1, 0.15) is 17.9 Å². The summed E-state index contributed by atoms with van der Waals surface area (Å²) in [6, 6.07) is 4.15. The van der Waals surface area contributed by atoms with Crippen molar-refractivity contribution in [2.24, 2.45) is 0 Å². The zero-order chi connectivity index (χ0) is 9.54. The van der Waals surface area contributed by atoms with Gasteiger partial charge in [0.05, 0.1) is 12.8 Å². The number of hydrogen-bond donors (Lipinski definition) is 2. The van der Waals surface area contributed by atoms with E-state index in [9.17, 15) is 0 Å². The van der Waals surface area contributed by atoms with Crippen LogP contribution in [0.3, 0.4) is 0 Å². The van der Waals surface area contributed by atoms with Crippen molar-refractivity contribution in [2.45, 2.75) is 12.3 Å². The van der Waals surface area contributed by atoms with Gasteiger partial charge >= 0.3 is 0 Å². The molecule has 2 N–H and O–H groups in total. The second kappa shape index (κ2) is 2.80. The fourth-order valence-electron chi connectivity index (χ4n) is 2.48. The molecule has 2 aliphatic rings. The minimum atomic E-state index is 0.677. The first-order valence-corrected chi connectivity index (χ1v) is 5.09. The van der Waals surface area contributed by atoms with Crippen LogP contribution in [0.4, 0.5) is 11.4 Å². The molecule has 74 valence electrons. The van der Waals surface area contributed by atoms with E-state index in [1.165, 1.54) is 23.4 Å². The van der Waals surface area contributed by atoms with E-state index in [0.717, 1.165) is 18.8 Å². The maximum Gasteiger partial charge on any atom is 0.142 e. The van der Waals surface area contributed by atoms with Crippen LogP contribution >= 0.6 is 0 Å². The largest absolute Gasteiger partial charge is 0.495 e. The lowest BCUT2D eigenvalue weighted by atomic mass is 9.92. The topological polar surface area (TPSA) is 33.3 Å². The molecule has 0 saturated heterocycles. The summed E-state index contributed by atoms with van der Waals surface area (Å²) in [5.74, 6) is 1.65. The van der Waals surface area contributed by atoms with Crippen molar-refractivity contribution >= 4 is 11.4 Å². The first-order chi connectivity index (χ1) is 6.90. The second-order valence-corrected chi connectivity index (χ2v) is 3.90. The molecular weight excluding hydrogens is 176 g/mol. The van der Waals surface area contributed by atoms with Gasteiger partial charge < -0.3 is 15.4 Å². The van der Waals surface area contributed by atoms with Gasteiger partial charge in [-0.15, -0.1) is 0 Å². The third-order valence-corrected chi connectivity index (χ3v) is 3.17. The van der Waals surface area contributed by atoms with Crippen molar-refractivity contribution in [1.29, 1.82) is 0 Å². The fraction of sp³-hybridized carbons (Fsp3) is 0.455. The Balaban J connectivity index is 2.20. The van der Waals surface area contributed by atoms with E-state index in [2.05, 4.69) is 16.7 Å². The van der Waals surface area contributed by atoms with Gasteiger partial charge in [-0.1, -0.05) is 0 Å². The van der Waals surface area contributed by atoms with Gasteiger partial charge in [0, 0.05) is 30.3 Å². The lowest BCUT2D eigenvalue weighted by Gasteiger charge is -2.23. The Kier molecular flexibility index (Phi) is 1.60. The Morgan fingerprint density at radius 1 is 1.36 bits per heavy atom. The molecule has 0 saturated carbocycles. The zero-order valence-corrected chi connectivity index (χ0v) is 8.26. The molecule has 0 bridgehead atoms. The summed E-state index contributed by atoms with van der Waals surface area (Å²) in [5.41, 5.74) is 3.90. The third kappa shape index (κ3) is 0.924. The minimum Gasteiger partial charge on any atom is -0.495 e. The Morgan fingerprint density at radius 2 is 2.29 bits per heavy atom. The minimum absolute atomic E-state index is 0.677. The molecule has 0 amide bonds. The molecule has 3 heteroatoms. The van der Waals surface area contributed by atoms with Crippen LogP contribution in [0.15, 0.2) is 12.1 Å². The second-order valence-electron chi connectivity index (χ2n) is 3.90. The molecular formula is C11H14N2O. The van der Waals surface area contributed by atoms with E-state index in [4.69, 9.17) is 4.74 Å². The third-order valence-electron chi connectivity index (χ3n) is 3.17. The number of nitrogens with one attached hydrogen (secondary N) is 2. The van der Waals surface area contributed by atoms with Gasteiger partial charge in [-0.05, 0) is 18.6 Å². The molecule has 2 aliphatic heterocycles. The van der Waals surface area contributed by atoms with Gasteiger partial charge in [-0.25, -0.2) is 0 Å². The van der Waals surface area contributed by atoms with E-state index in [1.807, 2.05) is 6.07 Å². The average molecular weight is 190 g/mol. The molecule has 14 heavy (non-hydrogen) atoms. The smallest absolute Gasteiger partial charge is 0.142 e. The lowest BCUT2D eigenvalue weighted by Crippen LogP contribution is -2.16. The molecule has 0 radical (unpaired) electrons. The first-order valence-electron chi connectivity index (χ1n) is 5.09. The highest BCUT2D eigenvalue weighted by Crippen LogP contribution is 2.45. The highest BCUT2D eigenvalue weighted by molar-refractivity contribution is 5.76. The van der Waals surface area contributed by atoms with Gasteiger partial charge in [-0.3, -0.25) is 0 Å². The fourth-order valence-corrected chi connectivity index (χ4v) is 2.48. The predicted octanol–water partition coefficient (Wildman–Crippen LogP) is 2.02. The van der Waals surface area contributed by atoms with Crippen molar-refractivity contribution in [1.82, 2.24) is 0 Å². The monoisotopic (exact) mass is 190 g/mol. The Hall–Kier alpha value is -1.38. The van der Waals surface area contributed by atoms with E-state index >= 15 is 0 Å². The van der Waals surface area contributed by atoms with Crippen LogP contribution in [0.25, 0.3) is 0 Å². The molecule has 3 nitrogen and oxygen atoms in total. The van der Waals surface area contributed by atoms with E-state index < -0.39 is 0 Å². The van der Waals surface area contributed by atoms with Crippen LogP contribution in [0, 0.1) is 0 Å². The highest BCUT2D eigenvalue weighted by Gasteiger charge is 2.29. The zero-order valence-electron chi connectivity index (χ0n) is 8.26. The summed E-state index contributed by atoms with van der Waals surface area (Å²) in [5, 5.41) is 6.87. The van der Waals surface area contributed by atoms with Crippen LogP contribution in [0.2, 0.25) is 0 Å². The van der Waals surface area contributed by atoms with Gasteiger partial charge in [-0.2, -0.15) is 0 Å². The van der Waals surface area contributed by atoms with E-state index in [-0.39, 0.29) is 0 Å². The van der Waals surface area contributed by atoms with E-state index in [0.29, 0.717) is 5.92 Å². The van der Waals surface area contributed by atoms with Crippen molar-refractivity contribution < 1.29 is 4.74 Å². The summed E-state index contributed by atoms with van der Waals surface area (Å²) in [4.78, 5) is 0. The SMILES string of the molecule is COc1ccc2c3c1NCCC3CN2. The molecule has 0 spiro atoms. The average Bonchev–Trinajstić information content (AvgIpc) is 2.65. The van der Waals surface area contributed by atoms with Crippen LogP contribution in [-0.2, 0) is 0 Å². The highest BCUT2D eigenvalue weighted by atomic mass is 16.5. The summed E-state index contributed by atoms with van der Waals surface area (Å²) < 4.78 is 5.35. The summed E-state index contributed by atoms with van der Waals surface area (Å²) in [6.45, 7) is 2.14. The van der Waals surface area contributed by atoms with Gasteiger partial charge in [0.25, 0.3) is 0 Å². The molecule has 1 unspecified atom stereocenters. The molecule has 0 aliphatic carbocycles. The molecule has 0 fully saturated rings. The van der Waals surface area contributed by atoms with Crippen molar-refractivity contribution in [3.8, 4) is 5.75 Å². The Morgan fingerprint density at radius 3 is 3.14 bits per heavy atom. The molecule has 0 aromatic heterocycles.